The first kappa shape index (κ1) is 16.7. The predicted molar refractivity (Wildman–Crippen MR) is 90.6 cm³/mol. The van der Waals surface area contributed by atoms with Crippen molar-refractivity contribution in [1.29, 1.82) is 0 Å². The van der Waals surface area contributed by atoms with E-state index < -0.39 is 5.78 Å². The number of ketones is 2. The molecule has 0 amide bonds. The van der Waals surface area contributed by atoms with Crippen molar-refractivity contribution in [1.82, 2.24) is 15.2 Å². The third kappa shape index (κ3) is 4.04. The number of Topliss-reactive ketones (excluding diaryl/α,β-unsaturated/α-hetero) is 1. The molecule has 25 heavy (non-hydrogen) atoms. The average molecular weight is 355 g/mol. The van der Waals surface area contributed by atoms with E-state index in [1.807, 2.05) is 12.1 Å². The number of nitrogens with one attached hydrogen (secondary N) is 1. The molecule has 0 saturated heterocycles. The highest BCUT2D eigenvalue weighted by molar-refractivity contribution is 7.99. The zero-order valence-electron chi connectivity index (χ0n) is 13.1. The number of allylic oxidation sites excluding steroid dienone is 1. The Morgan fingerprint density at radius 3 is 2.64 bits per heavy atom. The minimum absolute atomic E-state index is 0.00564. The molecule has 2 aromatic heterocycles. The Hall–Kier alpha value is -3.13. The van der Waals surface area contributed by atoms with E-state index in [2.05, 4.69) is 15.2 Å². The molecule has 3 aromatic rings. The Morgan fingerprint density at radius 1 is 1.24 bits per heavy atom. The van der Waals surface area contributed by atoms with Crippen LogP contribution in [0.3, 0.4) is 0 Å². The molecule has 0 spiro atoms. The highest BCUT2D eigenvalue weighted by Gasteiger charge is 2.13. The molecule has 0 bridgehead atoms. The second-order valence-corrected chi connectivity index (χ2v) is 6.20. The molecular formula is C17H13N3O4S. The summed E-state index contributed by atoms with van der Waals surface area (Å²) in [5.41, 5.74) is 0.639. The first-order valence-corrected chi connectivity index (χ1v) is 8.02. The lowest BCUT2D eigenvalue weighted by atomic mass is 10.2. The van der Waals surface area contributed by atoms with E-state index in [0.29, 0.717) is 5.56 Å². The maximum atomic E-state index is 12.1. The molecule has 0 aliphatic carbocycles. The lowest BCUT2D eigenvalue weighted by molar-refractivity contribution is 0.101. The highest BCUT2D eigenvalue weighted by atomic mass is 32.2. The SMILES string of the molecule is CC(=O)c1ccc(Sc2coc(C(=O)C=C(O)c3ncn[nH]3)c2)cc1. The van der Waals surface area contributed by atoms with Gasteiger partial charge in [0.2, 0.25) is 5.78 Å². The average Bonchev–Trinajstić information content (AvgIpc) is 3.27. The number of furan rings is 1. The lowest BCUT2D eigenvalue weighted by Gasteiger charge is -1.99. The number of aliphatic hydroxyl groups excluding tert-OH is 1. The van der Waals surface area contributed by atoms with Crippen molar-refractivity contribution in [3.63, 3.8) is 0 Å². The molecular weight excluding hydrogens is 342 g/mol. The summed E-state index contributed by atoms with van der Waals surface area (Å²) in [7, 11) is 0. The quantitative estimate of drug-likeness (QED) is 0.395. The van der Waals surface area contributed by atoms with Gasteiger partial charge >= 0.3 is 0 Å². The van der Waals surface area contributed by atoms with Crippen molar-refractivity contribution in [2.45, 2.75) is 16.7 Å². The van der Waals surface area contributed by atoms with Crippen LogP contribution in [0, 0.1) is 0 Å². The number of aromatic amines is 1. The summed E-state index contributed by atoms with van der Waals surface area (Å²) in [4.78, 5) is 28.8. The number of hydrogen-bond acceptors (Lipinski definition) is 7. The van der Waals surface area contributed by atoms with Crippen LogP contribution in [0.25, 0.3) is 5.76 Å². The summed E-state index contributed by atoms with van der Waals surface area (Å²) in [5.74, 6) is -0.624. The van der Waals surface area contributed by atoms with Crippen molar-refractivity contribution >= 4 is 29.1 Å². The number of H-pyrrole nitrogens is 1. The van der Waals surface area contributed by atoms with Crippen LogP contribution in [-0.4, -0.2) is 31.9 Å². The van der Waals surface area contributed by atoms with Crippen LogP contribution in [0.5, 0.6) is 0 Å². The van der Waals surface area contributed by atoms with Gasteiger partial charge in [0, 0.05) is 22.6 Å². The number of carbonyl (C=O) groups is 2. The maximum absolute atomic E-state index is 12.1. The van der Waals surface area contributed by atoms with Gasteiger partial charge in [-0.25, -0.2) is 4.98 Å². The Kier molecular flexibility index (Phi) is 4.80. The minimum atomic E-state index is -0.493. The molecule has 2 N–H and O–H groups in total. The molecule has 2 heterocycles. The summed E-state index contributed by atoms with van der Waals surface area (Å²) in [6.07, 6.45) is 3.69. The van der Waals surface area contributed by atoms with Crippen LogP contribution in [0.2, 0.25) is 0 Å². The molecule has 0 radical (unpaired) electrons. The van der Waals surface area contributed by atoms with Crippen LogP contribution >= 0.6 is 11.8 Å². The van der Waals surface area contributed by atoms with Crippen LogP contribution in [0.1, 0.15) is 33.7 Å². The third-order valence-electron chi connectivity index (χ3n) is 3.24. The van der Waals surface area contributed by atoms with Crippen molar-refractivity contribution < 1.29 is 19.1 Å². The zero-order valence-corrected chi connectivity index (χ0v) is 13.9. The minimum Gasteiger partial charge on any atom is -0.504 e. The highest BCUT2D eigenvalue weighted by Crippen LogP contribution is 2.29. The third-order valence-corrected chi connectivity index (χ3v) is 4.20. The Bertz CT molecular complexity index is 927. The number of aromatic nitrogens is 3. The van der Waals surface area contributed by atoms with Crippen LogP contribution in [0.15, 0.2) is 63.2 Å². The summed E-state index contributed by atoms with van der Waals surface area (Å²) in [5, 5.41) is 15.8. The van der Waals surface area contributed by atoms with Gasteiger partial charge in [-0.05, 0) is 19.1 Å². The lowest BCUT2D eigenvalue weighted by Crippen LogP contribution is -1.95. The smallest absolute Gasteiger partial charge is 0.224 e. The molecule has 8 heteroatoms. The molecule has 0 saturated carbocycles. The molecule has 0 aliphatic rings. The van der Waals surface area contributed by atoms with E-state index >= 15 is 0 Å². The Morgan fingerprint density at radius 2 is 2.00 bits per heavy atom. The molecule has 3 rings (SSSR count). The normalized spacial score (nSPS) is 11.5. The fourth-order valence-corrected chi connectivity index (χ4v) is 2.79. The van der Waals surface area contributed by atoms with Crippen molar-refractivity contribution in [2.75, 3.05) is 0 Å². The Balaban J connectivity index is 1.70. The fourth-order valence-electron chi connectivity index (χ4n) is 1.99. The van der Waals surface area contributed by atoms with Gasteiger partial charge in [-0.3, -0.25) is 14.7 Å². The number of nitrogens with zero attached hydrogens (tertiary/aromatic N) is 2. The monoisotopic (exact) mass is 355 g/mol. The van der Waals surface area contributed by atoms with E-state index in [4.69, 9.17) is 4.42 Å². The number of hydrogen-bond donors (Lipinski definition) is 2. The van der Waals surface area contributed by atoms with Crippen LogP contribution in [0.4, 0.5) is 0 Å². The van der Waals surface area contributed by atoms with Gasteiger partial charge in [0.05, 0.1) is 4.90 Å². The van der Waals surface area contributed by atoms with E-state index in [0.717, 1.165) is 15.9 Å². The van der Waals surface area contributed by atoms with Crippen molar-refractivity contribution in [2.24, 2.45) is 0 Å². The largest absolute Gasteiger partial charge is 0.504 e. The molecule has 126 valence electrons. The van der Waals surface area contributed by atoms with Gasteiger partial charge in [0.25, 0.3) is 0 Å². The van der Waals surface area contributed by atoms with Crippen LogP contribution < -0.4 is 0 Å². The number of aliphatic hydroxyl groups is 1. The van der Waals surface area contributed by atoms with Gasteiger partial charge in [-0.1, -0.05) is 23.9 Å². The molecule has 1 aromatic carbocycles. The second-order valence-electron chi connectivity index (χ2n) is 5.06. The van der Waals surface area contributed by atoms with Crippen molar-refractivity contribution in [3.8, 4) is 0 Å². The summed E-state index contributed by atoms with van der Waals surface area (Å²) < 4.78 is 5.25. The van der Waals surface area contributed by atoms with Crippen molar-refractivity contribution in [3.05, 3.63) is 66.1 Å². The number of carbonyl (C=O) groups excluding carboxylic acids is 2. The van der Waals surface area contributed by atoms with Gasteiger partial charge in [-0.15, -0.1) is 0 Å². The van der Waals surface area contributed by atoms with Gasteiger partial charge in [0.15, 0.2) is 23.1 Å². The first-order chi connectivity index (χ1) is 12.0. The summed E-state index contributed by atoms with van der Waals surface area (Å²) >= 11 is 1.39. The zero-order chi connectivity index (χ0) is 17.8. The Labute approximate surface area is 146 Å². The molecule has 0 unspecified atom stereocenters. The molecule has 0 aliphatic heterocycles. The van der Waals surface area contributed by atoms with Gasteiger partial charge in [-0.2, -0.15) is 5.10 Å². The predicted octanol–water partition coefficient (Wildman–Crippen LogP) is 3.53. The van der Waals surface area contributed by atoms with Gasteiger partial charge < -0.3 is 9.52 Å². The fraction of sp³-hybridized carbons (Fsp3) is 0.0588. The molecule has 7 nitrogen and oxygen atoms in total. The standard InChI is InChI=1S/C17H13N3O4S/c1-10(21)11-2-4-12(5-3-11)25-13-6-16(24-8-13)14(22)7-15(23)17-18-9-19-20-17/h2-9,23H,1H3,(H,18,19,20). The number of benzene rings is 1. The van der Waals surface area contributed by atoms with Gasteiger partial charge in [0.1, 0.15) is 12.6 Å². The molecule has 0 fully saturated rings. The van der Waals surface area contributed by atoms with Crippen LogP contribution in [-0.2, 0) is 0 Å². The topological polar surface area (TPSA) is 109 Å². The van der Waals surface area contributed by atoms with E-state index in [1.165, 1.54) is 31.3 Å². The second kappa shape index (κ2) is 7.18. The first-order valence-electron chi connectivity index (χ1n) is 7.21. The number of rotatable bonds is 6. The van der Waals surface area contributed by atoms with E-state index in [1.54, 1.807) is 18.2 Å². The maximum Gasteiger partial charge on any atom is 0.224 e. The summed E-state index contributed by atoms with van der Waals surface area (Å²) in [6, 6.07) is 8.72. The summed E-state index contributed by atoms with van der Waals surface area (Å²) in [6.45, 7) is 1.51. The molecule has 0 atom stereocenters. The van der Waals surface area contributed by atoms with E-state index in [9.17, 15) is 14.7 Å². The van der Waals surface area contributed by atoms with E-state index in [-0.39, 0.29) is 23.1 Å².